The summed E-state index contributed by atoms with van der Waals surface area (Å²) in [6.07, 6.45) is 0. The van der Waals surface area contributed by atoms with Crippen LogP contribution in [0.15, 0.2) is 12.1 Å². The van der Waals surface area contributed by atoms with Gasteiger partial charge in [0.15, 0.2) is 11.5 Å². The van der Waals surface area contributed by atoms with Gasteiger partial charge in [-0.05, 0) is 6.07 Å². The Morgan fingerprint density at radius 1 is 1.50 bits per heavy atom. The molecule has 1 aromatic carbocycles. The van der Waals surface area contributed by atoms with Gasteiger partial charge in [-0.1, -0.05) is 11.6 Å². The first-order valence-corrected chi connectivity index (χ1v) is 5.79. The smallest absolute Gasteiger partial charge is 0.236 e. The summed E-state index contributed by atoms with van der Waals surface area (Å²) >= 11 is 5.90. The van der Waals surface area contributed by atoms with E-state index in [9.17, 15) is 9.90 Å². The van der Waals surface area contributed by atoms with Crippen molar-refractivity contribution in [3.63, 3.8) is 0 Å². The van der Waals surface area contributed by atoms with Gasteiger partial charge in [0, 0.05) is 37.3 Å². The molecule has 0 atom stereocenters. The maximum absolute atomic E-state index is 11.4. The Balaban J connectivity index is 2.67. The number of carbonyl (C=O) groups is 1. The van der Waals surface area contributed by atoms with Crippen LogP contribution in [0.3, 0.4) is 0 Å². The maximum atomic E-state index is 11.4. The van der Waals surface area contributed by atoms with E-state index in [1.165, 1.54) is 18.1 Å². The van der Waals surface area contributed by atoms with Gasteiger partial charge in [0.25, 0.3) is 0 Å². The normalized spacial score (nSPS) is 10.2. The molecule has 0 bridgehead atoms. The predicted octanol–water partition coefficient (Wildman–Crippen LogP) is 1.23. The molecule has 0 heterocycles. The molecule has 1 rings (SSSR count). The zero-order chi connectivity index (χ0) is 13.7. The first-order chi connectivity index (χ1) is 8.45. The van der Waals surface area contributed by atoms with Crippen molar-refractivity contribution in [2.75, 3.05) is 27.7 Å². The highest BCUT2D eigenvalue weighted by Crippen LogP contribution is 2.33. The number of ether oxygens (including phenoxy) is 1. The molecule has 100 valence electrons. The monoisotopic (exact) mass is 272 g/mol. The van der Waals surface area contributed by atoms with Crippen LogP contribution < -0.4 is 10.1 Å². The SMILES string of the molecule is COc1cc(Cl)cc(CNCC(=O)N(C)C)c1O. The van der Waals surface area contributed by atoms with Crippen molar-refractivity contribution in [2.24, 2.45) is 0 Å². The summed E-state index contributed by atoms with van der Waals surface area (Å²) in [5.74, 6) is 0.313. The predicted molar refractivity (Wildman–Crippen MR) is 70.1 cm³/mol. The Bertz CT molecular complexity index is 436. The van der Waals surface area contributed by atoms with E-state index >= 15 is 0 Å². The second-order valence-corrected chi connectivity index (χ2v) is 4.44. The van der Waals surface area contributed by atoms with Gasteiger partial charge in [0.05, 0.1) is 13.7 Å². The average molecular weight is 273 g/mol. The van der Waals surface area contributed by atoms with Gasteiger partial charge in [-0.15, -0.1) is 0 Å². The standard InChI is InChI=1S/C12H17ClN2O3/c1-15(2)11(16)7-14-6-8-4-9(13)5-10(18-3)12(8)17/h4-5,14,17H,6-7H2,1-3H3. The summed E-state index contributed by atoms with van der Waals surface area (Å²) in [7, 11) is 4.83. The van der Waals surface area contributed by atoms with Crippen LogP contribution >= 0.6 is 11.6 Å². The van der Waals surface area contributed by atoms with Crippen molar-refractivity contribution in [2.45, 2.75) is 6.54 Å². The van der Waals surface area contributed by atoms with Gasteiger partial charge >= 0.3 is 0 Å². The van der Waals surface area contributed by atoms with E-state index in [0.717, 1.165) is 0 Å². The van der Waals surface area contributed by atoms with Crippen molar-refractivity contribution in [1.82, 2.24) is 10.2 Å². The largest absolute Gasteiger partial charge is 0.504 e. The van der Waals surface area contributed by atoms with Crippen molar-refractivity contribution in [3.05, 3.63) is 22.7 Å². The van der Waals surface area contributed by atoms with E-state index in [1.54, 1.807) is 20.2 Å². The number of methoxy groups -OCH3 is 1. The van der Waals surface area contributed by atoms with Crippen molar-refractivity contribution in [3.8, 4) is 11.5 Å². The lowest BCUT2D eigenvalue weighted by Crippen LogP contribution is -2.32. The van der Waals surface area contributed by atoms with Crippen LogP contribution in [0.4, 0.5) is 0 Å². The third-order valence-corrected chi connectivity index (χ3v) is 2.65. The van der Waals surface area contributed by atoms with E-state index in [1.807, 2.05) is 0 Å². The summed E-state index contributed by atoms with van der Waals surface area (Å²) in [6.45, 7) is 0.531. The van der Waals surface area contributed by atoms with E-state index in [-0.39, 0.29) is 18.2 Å². The minimum Gasteiger partial charge on any atom is -0.504 e. The van der Waals surface area contributed by atoms with E-state index in [0.29, 0.717) is 22.9 Å². The third-order valence-electron chi connectivity index (χ3n) is 2.43. The van der Waals surface area contributed by atoms with Gasteiger partial charge in [-0.25, -0.2) is 0 Å². The van der Waals surface area contributed by atoms with Crippen molar-refractivity contribution in [1.29, 1.82) is 0 Å². The fourth-order valence-corrected chi connectivity index (χ4v) is 1.61. The summed E-state index contributed by atoms with van der Waals surface area (Å²) in [4.78, 5) is 12.8. The zero-order valence-electron chi connectivity index (χ0n) is 10.7. The molecule has 1 aromatic rings. The highest BCUT2D eigenvalue weighted by Gasteiger charge is 2.10. The van der Waals surface area contributed by atoms with E-state index in [2.05, 4.69) is 5.32 Å². The molecule has 18 heavy (non-hydrogen) atoms. The third kappa shape index (κ3) is 3.78. The Labute approximate surface area is 111 Å². The molecule has 0 saturated carbocycles. The Hall–Kier alpha value is -1.46. The lowest BCUT2D eigenvalue weighted by Gasteiger charge is -2.13. The van der Waals surface area contributed by atoms with Crippen LogP contribution in [0.1, 0.15) is 5.56 Å². The summed E-state index contributed by atoms with van der Waals surface area (Å²) in [6, 6.07) is 3.16. The zero-order valence-corrected chi connectivity index (χ0v) is 11.4. The number of carbonyl (C=O) groups excluding carboxylic acids is 1. The van der Waals surface area contributed by atoms with Crippen LogP contribution in [0.25, 0.3) is 0 Å². The Kier molecular flexibility index (Phi) is 5.25. The van der Waals surface area contributed by atoms with Gasteiger partial charge in [-0.3, -0.25) is 4.79 Å². The molecule has 6 heteroatoms. The number of amides is 1. The molecule has 0 saturated heterocycles. The van der Waals surface area contributed by atoms with Crippen LogP contribution in [0, 0.1) is 0 Å². The van der Waals surface area contributed by atoms with Crippen LogP contribution in [-0.4, -0.2) is 43.7 Å². The number of nitrogens with one attached hydrogen (secondary N) is 1. The second kappa shape index (κ2) is 6.47. The minimum atomic E-state index is -0.0384. The molecule has 0 aromatic heterocycles. The summed E-state index contributed by atoms with van der Waals surface area (Å²) in [5, 5.41) is 13.3. The van der Waals surface area contributed by atoms with Gasteiger partial charge in [-0.2, -0.15) is 0 Å². The molecular formula is C12H17ClN2O3. The number of halogens is 1. The average Bonchev–Trinajstić information content (AvgIpc) is 2.32. The highest BCUT2D eigenvalue weighted by atomic mass is 35.5. The first kappa shape index (κ1) is 14.6. The molecule has 0 fully saturated rings. The molecular weight excluding hydrogens is 256 g/mol. The summed E-state index contributed by atoms with van der Waals surface area (Å²) in [5.41, 5.74) is 0.589. The van der Waals surface area contributed by atoms with E-state index in [4.69, 9.17) is 16.3 Å². The Morgan fingerprint density at radius 2 is 2.17 bits per heavy atom. The number of aromatic hydroxyl groups is 1. The molecule has 5 nitrogen and oxygen atoms in total. The minimum absolute atomic E-state index is 0.0340. The number of likely N-dealkylation sites (N-methyl/N-ethyl adjacent to an activating group) is 1. The molecule has 1 amide bonds. The lowest BCUT2D eigenvalue weighted by molar-refractivity contribution is -0.127. The molecule has 0 unspecified atom stereocenters. The molecule has 0 spiro atoms. The first-order valence-electron chi connectivity index (χ1n) is 5.42. The van der Waals surface area contributed by atoms with Gasteiger partial charge in [0.1, 0.15) is 0 Å². The molecule has 2 N–H and O–H groups in total. The molecule has 0 aliphatic rings. The van der Waals surface area contributed by atoms with Crippen LogP contribution in [-0.2, 0) is 11.3 Å². The number of hydrogen-bond acceptors (Lipinski definition) is 4. The van der Waals surface area contributed by atoms with Crippen LogP contribution in [0.2, 0.25) is 5.02 Å². The highest BCUT2D eigenvalue weighted by molar-refractivity contribution is 6.30. The molecule has 0 radical (unpaired) electrons. The van der Waals surface area contributed by atoms with E-state index < -0.39 is 0 Å². The number of phenolic OH excluding ortho intramolecular Hbond substituents is 1. The molecule has 0 aliphatic heterocycles. The number of benzene rings is 1. The Morgan fingerprint density at radius 3 is 2.72 bits per heavy atom. The fourth-order valence-electron chi connectivity index (χ4n) is 1.38. The molecule has 0 aliphatic carbocycles. The number of phenols is 1. The van der Waals surface area contributed by atoms with Gasteiger partial charge < -0.3 is 20.1 Å². The van der Waals surface area contributed by atoms with Crippen molar-refractivity contribution >= 4 is 17.5 Å². The lowest BCUT2D eigenvalue weighted by atomic mass is 10.2. The maximum Gasteiger partial charge on any atom is 0.236 e. The number of hydrogen-bond donors (Lipinski definition) is 2. The number of nitrogens with zero attached hydrogens (tertiary/aromatic N) is 1. The van der Waals surface area contributed by atoms with Gasteiger partial charge in [0.2, 0.25) is 5.91 Å². The van der Waals surface area contributed by atoms with Crippen molar-refractivity contribution < 1.29 is 14.6 Å². The topological polar surface area (TPSA) is 61.8 Å². The quantitative estimate of drug-likeness (QED) is 0.846. The van der Waals surface area contributed by atoms with Crippen LogP contribution in [0.5, 0.6) is 11.5 Å². The number of rotatable bonds is 5. The second-order valence-electron chi connectivity index (χ2n) is 4.01. The summed E-state index contributed by atoms with van der Waals surface area (Å²) < 4.78 is 4.99. The fraction of sp³-hybridized carbons (Fsp3) is 0.417.